The van der Waals surface area contributed by atoms with E-state index < -0.39 is 4.92 Å². The molecule has 0 spiro atoms. The fraction of sp³-hybridized carbons (Fsp3) is 0.176. The highest BCUT2D eigenvalue weighted by molar-refractivity contribution is 5.95. The Morgan fingerprint density at radius 2 is 2.22 bits per heavy atom. The number of aromatic nitrogens is 1. The van der Waals surface area contributed by atoms with E-state index in [0.29, 0.717) is 36.1 Å². The van der Waals surface area contributed by atoms with Crippen LogP contribution in [0.2, 0.25) is 0 Å². The Morgan fingerprint density at radius 1 is 1.39 bits per heavy atom. The molecule has 0 saturated heterocycles. The minimum atomic E-state index is -0.491. The number of hydrogen-bond acceptors (Lipinski definition) is 4. The molecule has 1 aromatic heterocycles. The van der Waals surface area contributed by atoms with Crippen LogP contribution in [0.4, 0.5) is 5.69 Å². The summed E-state index contributed by atoms with van der Waals surface area (Å²) in [6.07, 6.45) is 9.14. The van der Waals surface area contributed by atoms with Crippen molar-refractivity contribution >= 4 is 11.6 Å². The van der Waals surface area contributed by atoms with Gasteiger partial charge < -0.3 is 5.32 Å². The van der Waals surface area contributed by atoms with Gasteiger partial charge in [-0.1, -0.05) is 12.1 Å². The van der Waals surface area contributed by atoms with Crippen molar-refractivity contribution in [1.29, 1.82) is 0 Å². The molecule has 1 N–H and O–H groups in total. The van der Waals surface area contributed by atoms with Crippen molar-refractivity contribution in [2.45, 2.75) is 12.8 Å². The maximum absolute atomic E-state index is 12.1. The molecule has 0 saturated carbocycles. The molecule has 0 radical (unpaired) electrons. The Kier molecular flexibility index (Phi) is 5.42. The van der Waals surface area contributed by atoms with Gasteiger partial charge in [0.15, 0.2) is 0 Å². The smallest absolute Gasteiger partial charge is 0.295 e. The molecule has 1 amide bonds. The largest absolute Gasteiger partial charge is 0.352 e. The van der Waals surface area contributed by atoms with Crippen LogP contribution in [0.3, 0.4) is 0 Å². The summed E-state index contributed by atoms with van der Waals surface area (Å²) in [5, 5.41) is 13.9. The molecule has 0 aliphatic carbocycles. The third-order valence-electron chi connectivity index (χ3n) is 3.22. The molecule has 0 aliphatic heterocycles. The van der Waals surface area contributed by atoms with Crippen LogP contribution in [0.1, 0.15) is 23.2 Å². The molecule has 6 heteroatoms. The second-order valence-corrected chi connectivity index (χ2v) is 4.79. The second-order valence-electron chi connectivity index (χ2n) is 4.79. The van der Waals surface area contributed by atoms with Crippen LogP contribution >= 0.6 is 0 Å². The van der Waals surface area contributed by atoms with E-state index in [4.69, 9.17) is 6.42 Å². The lowest BCUT2D eigenvalue weighted by atomic mass is 10.0. The summed E-state index contributed by atoms with van der Waals surface area (Å²) in [6, 6.07) is 8.25. The Labute approximate surface area is 133 Å². The zero-order valence-corrected chi connectivity index (χ0v) is 12.4. The van der Waals surface area contributed by atoms with Crippen LogP contribution in [-0.2, 0) is 0 Å². The summed E-state index contributed by atoms with van der Waals surface area (Å²) < 4.78 is 0. The number of carbonyl (C=O) groups excluding carboxylic acids is 1. The van der Waals surface area contributed by atoms with E-state index in [1.807, 2.05) is 0 Å². The van der Waals surface area contributed by atoms with E-state index in [2.05, 4.69) is 16.2 Å². The normalized spacial score (nSPS) is 9.87. The first kappa shape index (κ1) is 16.2. The van der Waals surface area contributed by atoms with E-state index in [1.165, 1.54) is 12.4 Å². The van der Waals surface area contributed by atoms with Gasteiger partial charge in [-0.2, -0.15) is 0 Å². The molecular formula is C17H15N3O3. The van der Waals surface area contributed by atoms with Crippen molar-refractivity contribution in [2.24, 2.45) is 0 Å². The van der Waals surface area contributed by atoms with E-state index in [9.17, 15) is 14.9 Å². The van der Waals surface area contributed by atoms with Gasteiger partial charge in [-0.3, -0.25) is 19.9 Å². The third-order valence-corrected chi connectivity index (χ3v) is 3.22. The molecule has 0 atom stereocenters. The van der Waals surface area contributed by atoms with Gasteiger partial charge in [0.2, 0.25) is 0 Å². The number of unbranched alkanes of at least 4 members (excludes halogenated alkanes) is 1. The Bertz CT molecular complexity index is 766. The Hall–Kier alpha value is -3.20. The molecule has 116 valence electrons. The number of amides is 1. The first-order valence-corrected chi connectivity index (χ1v) is 7.04. The van der Waals surface area contributed by atoms with E-state index in [-0.39, 0.29) is 11.6 Å². The minimum absolute atomic E-state index is 0.0981. The van der Waals surface area contributed by atoms with Gasteiger partial charge in [-0.25, -0.2) is 0 Å². The van der Waals surface area contributed by atoms with Gasteiger partial charge in [0.05, 0.1) is 10.5 Å². The monoisotopic (exact) mass is 309 g/mol. The highest BCUT2D eigenvalue weighted by Gasteiger charge is 2.16. The van der Waals surface area contributed by atoms with Gasteiger partial charge in [-0.05, 0) is 30.2 Å². The Morgan fingerprint density at radius 3 is 2.96 bits per heavy atom. The molecule has 0 unspecified atom stereocenters. The highest BCUT2D eigenvalue weighted by atomic mass is 16.6. The minimum Gasteiger partial charge on any atom is -0.352 e. The maximum Gasteiger partial charge on any atom is 0.295 e. The predicted octanol–water partition coefficient (Wildman–Crippen LogP) is 2.80. The third kappa shape index (κ3) is 4.14. The summed E-state index contributed by atoms with van der Waals surface area (Å²) in [4.78, 5) is 26.5. The average Bonchev–Trinajstić information content (AvgIpc) is 2.58. The number of nitrogens with one attached hydrogen (secondary N) is 1. The number of rotatable bonds is 6. The topological polar surface area (TPSA) is 85.1 Å². The SMILES string of the molecule is C#CCCCNC(=O)c1cccc(-c2ccncc2[N+](=O)[O-])c1. The van der Waals surface area contributed by atoms with E-state index in [1.54, 1.807) is 30.3 Å². The van der Waals surface area contributed by atoms with Crippen molar-refractivity contribution < 1.29 is 9.72 Å². The van der Waals surface area contributed by atoms with Crippen LogP contribution in [-0.4, -0.2) is 22.4 Å². The van der Waals surface area contributed by atoms with Gasteiger partial charge in [0.1, 0.15) is 6.20 Å². The average molecular weight is 309 g/mol. The van der Waals surface area contributed by atoms with Crippen molar-refractivity contribution in [3.05, 3.63) is 58.4 Å². The number of benzene rings is 1. The van der Waals surface area contributed by atoms with Gasteiger partial charge in [0.25, 0.3) is 11.6 Å². The maximum atomic E-state index is 12.1. The number of nitrogens with zero attached hydrogens (tertiary/aromatic N) is 2. The molecule has 23 heavy (non-hydrogen) atoms. The van der Waals surface area contributed by atoms with E-state index >= 15 is 0 Å². The number of nitro groups is 1. The summed E-state index contributed by atoms with van der Waals surface area (Å²) in [7, 11) is 0. The lowest BCUT2D eigenvalue weighted by molar-refractivity contribution is -0.384. The molecule has 2 aromatic rings. The van der Waals surface area contributed by atoms with Crippen molar-refractivity contribution in [3.63, 3.8) is 0 Å². The predicted molar refractivity (Wildman–Crippen MR) is 86.7 cm³/mol. The molecular weight excluding hydrogens is 294 g/mol. The zero-order chi connectivity index (χ0) is 16.7. The number of pyridine rings is 1. The molecule has 6 nitrogen and oxygen atoms in total. The summed E-state index contributed by atoms with van der Waals surface area (Å²) in [5.41, 5.74) is 1.36. The molecule has 0 fully saturated rings. The highest BCUT2D eigenvalue weighted by Crippen LogP contribution is 2.29. The number of carbonyl (C=O) groups is 1. The lowest BCUT2D eigenvalue weighted by Gasteiger charge is -2.07. The van der Waals surface area contributed by atoms with Crippen LogP contribution in [0.25, 0.3) is 11.1 Å². The van der Waals surface area contributed by atoms with E-state index in [0.717, 1.165) is 0 Å². The fourth-order valence-electron chi connectivity index (χ4n) is 2.10. The summed E-state index contributed by atoms with van der Waals surface area (Å²) in [5.74, 6) is 2.27. The summed E-state index contributed by atoms with van der Waals surface area (Å²) in [6.45, 7) is 0.489. The summed E-state index contributed by atoms with van der Waals surface area (Å²) >= 11 is 0. The van der Waals surface area contributed by atoms with Gasteiger partial charge in [-0.15, -0.1) is 12.3 Å². The quantitative estimate of drug-likeness (QED) is 0.385. The van der Waals surface area contributed by atoms with Crippen LogP contribution in [0.5, 0.6) is 0 Å². The standard InChI is InChI=1S/C17H15N3O3/c1-2-3-4-9-19-17(21)14-7-5-6-13(11-14)15-8-10-18-12-16(15)20(22)23/h1,5-8,10-12H,3-4,9H2,(H,19,21). The van der Waals surface area contributed by atoms with Crippen LogP contribution in [0, 0.1) is 22.5 Å². The lowest BCUT2D eigenvalue weighted by Crippen LogP contribution is -2.24. The molecule has 0 aliphatic rings. The fourth-order valence-corrected chi connectivity index (χ4v) is 2.10. The molecule has 2 rings (SSSR count). The first-order chi connectivity index (χ1) is 11.1. The van der Waals surface area contributed by atoms with Crippen LogP contribution < -0.4 is 5.32 Å². The molecule has 1 aromatic carbocycles. The van der Waals surface area contributed by atoms with Crippen molar-refractivity contribution in [3.8, 4) is 23.5 Å². The number of terminal acetylenes is 1. The first-order valence-electron chi connectivity index (χ1n) is 7.04. The number of hydrogen-bond donors (Lipinski definition) is 1. The van der Waals surface area contributed by atoms with Crippen molar-refractivity contribution in [1.82, 2.24) is 10.3 Å². The second kappa shape index (κ2) is 7.71. The molecule has 1 heterocycles. The Balaban J connectivity index is 2.22. The molecule has 0 bridgehead atoms. The van der Waals surface area contributed by atoms with Crippen LogP contribution in [0.15, 0.2) is 42.7 Å². The van der Waals surface area contributed by atoms with Gasteiger partial charge in [0, 0.05) is 24.7 Å². The zero-order valence-electron chi connectivity index (χ0n) is 12.4. The van der Waals surface area contributed by atoms with Gasteiger partial charge >= 0.3 is 0 Å². The van der Waals surface area contributed by atoms with Crippen molar-refractivity contribution in [2.75, 3.05) is 6.54 Å².